The van der Waals surface area contributed by atoms with E-state index in [1.807, 2.05) is 0 Å². The van der Waals surface area contributed by atoms with Crippen molar-refractivity contribution in [3.05, 3.63) is 0 Å². The number of hydrogen-bond acceptors (Lipinski definition) is 4. The van der Waals surface area contributed by atoms with Crippen LogP contribution in [-0.4, -0.2) is 49.1 Å². The second kappa shape index (κ2) is 6.19. The van der Waals surface area contributed by atoms with Crippen molar-refractivity contribution in [2.75, 3.05) is 13.6 Å². The molecule has 7 heteroatoms. The summed E-state index contributed by atoms with van der Waals surface area (Å²) in [5, 5.41) is 17.0. The topological polar surface area (TPSA) is 108 Å². The molecule has 1 fully saturated rings. The Balaban J connectivity index is 2.61. The van der Waals surface area contributed by atoms with Crippen LogP contribution >= 0.6 is 0 Å². The lowest BCUT2D eigenvalue weighted by Crippen LogP contribution is -2.49. The first-order chi connectivity index (χ1) is 8.10. The van der Waals surface area contributed by atoms with Gasteiger partial charge in [-0.2, -0.15) is 0 Å². The van der Waals surface area contributed by atoms with Gasteiger partial charge in [-0.15, -0.1) is 0 Å². The fraction of sp³-hybridized carbons (Fsp3) is 0.700. The Morgan fingerprint density at radius 3 is 2.88 bits per heavy atom. The average Bonchev–Trinajstić information content (AvgIpc) is 2.72. The van der Waals surface area contributed by atoms with E-state index < -0.39 is 18.1 Å². The van der Waals surface area contributed by atoms with Crippen LogP contribution < -0.4 is 16.0 Å². The average molecular weight is 243 g/mol. The SMILES string of the molecule is CNC(=O)C(O)C(CC1CCNC1=O)NC=O. The smallest absolute Gasteiger partial charge is 0.250 e. The molecule has 3 unspecified atom stereocenters. The number of rotatable bonds is 6. The van der Waals surface area contributed by atoms with E-state index >= 15 is 0 Å². The molecule has 1 rings (SSSR count). The Labute approximate surface area is 98.9 Å². The largest absolute Gasteiger partial charge is 0.381 e. The van der Waals surface area contributed by atoms with Gasteiger partial charge < -0.3 is 21.1 Å². The van der Waals surface area contributed by atoms with Crippen LogP contribution in [0.4, 0.5) is 0 Å². The third-order valence-corrected chi connectivity index (χ3v) is 2.88. The molecular weight excluding hydrogens is 226 g/mol. The van der Waals surface area contributed by atoms with Crippen LogP contribution in [0, 0.1) is 5.92 Å². The maximum atomic E-state index is 11.4. The van der Waals surface area contributed by atoms with Crippen molar-refractivity contribution in [1.82, 2.24) is 16.0 Å². The summed E-state index contributed by atoms with van der Waals surface area (Å²) in [6.45, 7) is 0.591. The minimum atomic E-state index is -1.35. The minimum absolute atomic E-state index is 0.105. The number of likely N-dealkylation sites (N-methyl/N-ethyl adjacent to an activating group) is 1. The summed E-state index contributed by atoms with van der Waals surface area (Å²) in [6, 6.07) is -0.749. The van der Waals surface area contributed by atoms with Crippen molar-refractivity contribution in [3.63, 3.8) is 0 Å². The molecule has 1 heterocycles. The molecule has 1 aliphatic heterocycles. The summed E-state index contributed by atoms with van der Waals surface area (Å²) in [5.41, 5.74) is 0. The van der Waals surface area contributed by atoms with Gasteiger partial charge in [-0.05, 0) is 12.8 Å². The van der Waals surface area contributed by atoms with Crippen molar-refractivity contribution >= 4 is 18.2 Å². The molecule has 0 aromatic rings. The fourth-order valence-corrected chi connectivity index (χ4v) is 1.88. The van der Waals surface area contributed by atoms with Gasteiger partial charge in [-0.3, -0.25) is 14.4 Å². The molecule has 0 saturated carbocycles. The molecule has 3 amide bonds. The maximum absolute atomic E-state index is 11.4. The summed E-state index contributed by atoms with van der Waals surface area (Å²) < 4.78 is 0. The Hall–Kier alpha value is -1.63. The molecule has 0 spiro atoms. The Morgan fingerprint density at radius 2 is 2.41 bits per heavy atom. The molecular formula is C10H17N3O4. The molecule has 3 atom stereocenters. The van der Waals surface area contributed by atoms with Crippen molar-refractivity contribution < 1.29 is 19.5 Å². The van der Waals surface area contributed by atoms with E-state index in [0.717, 1.165) is 0 Å². The molecule has 7 nitrogen and oxygen atoms in total. The fourth-order valence-electron chi connectivity index (χ4n) is 1.88. The van der Waals surface area contributed by atoms with Crippen LogP contribution in [0.3, 0.4) is 0 Å². The summed E-state index contributed by atoms with van der Waals surface area (Å²) in [5.74, 6) is -0.957. The molecule has 96 valence electrons. The van der Waals surface area contributed by atoms with E-state index in [0.29, 0.717) is 19.4 Å². The second-order valence-electron chi connectivity index (χ2n) is 3.96. The molecule has 0 aliphatic carbocycles. The molecule has 0 bridgehead atoms. The standard InChI is InChI=1S/C10H17N3O4/c1-11-10(17)8(15)7(13-5-14)4-6-2-3-12-9(6)16/h5-8,15H,2-4H2,1H3,(H,11,17)(H,12,16)(H,13,14). The van der Waals surface area contributed by atoms with Gasteiger partial charge in [0.05, 0.1) is 6.04 Å². The number of amides is 3. The molecule has 1 aliphatic rings. The monoisotopic (exact) mass is 243 g/mol. The summed E-state index contributed by atoms with van der Waals surface area (Å²) >= 11 is 0. The van der Waals surface area contributed by atoms with Crippen molar-refractivity contribution in [2.45, 2.75) is 25.0 Å². The normalized spacial score (nSPS) is 22.5. The third-order valence-electron chi connectivity index (χ3n) is 2.88. The summed E-state index contributed by atoms with van der Waals surface area (Å²) in [6.07, 6.45) is -0.0299. The van der Waals surface area contributed by atoms with Crippen LogP contribution in [0.15, 0.2) is 0 Å². The number of aliphatic hydroxyl groups excluding tert-OH is 1. The molecule has 0 aromatic carbocycles. The number of carbonyl (C=O) groups is 3. The zero-order chi connectivity index (χ0) is 12.8. The second-order valence-corrected chi connectivity index (χ2v) is 3.96. The van der Waals surface area contributed by atoms with Gasteiger partial charge >= 0.3 is 0 Å². The number of hydrogen-bond donors (Lipinski definition) is 4. The molecule has 4 N–H and O–H groups in total. The van der Waals surface area contributed by atoms with Crippen LogP contribution in [0.2, 0.25) is 0 Å². The van der Waals surface area contributed by atoms with Crippen LogP contribution in [0.1, 0.15) is 12.8 Å². The first-order valence-corrected chi connectivity index (χ1v) is 5.47. The maximum Gasteiger partial charge on any atom is 0.250 e. The van der Waals surface area contributed by atoms with Gasteiger partial charge in [-0.25, -0.2) is 0 Å². The van der Waals surface area contributed by atoms with Gasteiger partial charge in [0.2, 0.25) is 12.3 Å². The summed E-state index contributed by atoms with van der Waals surface area (Å²) in [4.78, 5) is 33.1. The first-order valence-electron chi connectivity index (χ1n) is 5.47. The molecule has 1 saturated heterocycles. The predicted molar refractivity (Wildman–Crippen MR) is 58.8 cm³/mol. The number of aliphatic hydroxyl groups is 1. The van der Waals surface area contributed by atoms with Gasteiger partial charge in [0.1, 0.15) is 0 Å². The van der Waals surface area contributed by atoms with Gasteiger partial charge in [0, 0.05) is 19.5 Å². The lowest BCUT2D eigenvalue weighted by molar-refractivity contribution is -0.132. The Bertz CT molecular complexity index is 308. The first kappa shape index (κ1) is 13.4. The van der Waals surface area contributed by atoms with E-state index in [1.165, 1.54) is 7.05 Å². The Kier molecular flexibility index (Phi) is 4.89. The van der Waals surface area contributed by atoms with Crippen molar-refractivity contribution in [3.8, 4) is 0 Å². The zero-order valence-electron chi connectivity index (χ0n) is 9.60. The highest BCUT2D eigenvalue weighted by Gasteiger charge is 2.32. The van der Waals surface area contributed by atoms with E-state index in [9.17, 15) is 19.5 Å². The predicted octanol–water partition coefficient (Wildman–Crippen LogP) is -2.27. The van der Waals surface area contributed by atoms with E-state index in [2.05, 4.69) is 16.0 Å². The zero-order valence-corrected chi connectivity index (χ0v) is 9.60. The van der Waals surface area contributed by atoms with Crippen LogP contribution in [0.5, 0.6) is 0 Å². The summed E-state index contributed by atoms with van der Waals surface area (Å²) in [7, 11) is 1.39. The lowest BCUT2D eigenvalue weighted by Gasteiger charge is -2.22. The minimum Gasteiger partial charge on any atom is -0.381 e. The molecule has 0 aromatic heterocycles. The van der Waals surface area contributed by atoms with Crippen LogP contribution in [0.25, 0.3) is 0 Å². The molecule has 0 radical (unpaired) electrons. The highest BCUT2D eigenvalue weighted by molar-refractivity contribution is 5.82. The van der Waals surface area contributed by atoms with Gasteiger partial charge in [0.15, 0.2) is 6.10 Å². The molecule has 17 heavy (non-hydrogen) atoms. The quantitative estimate of drug-likeness (QED) is 0.395. The van der Waals surface area contributed by atoms with Gasteiger partial charge in [-0.1, -0.05) is 0 Å². The van der Waals surface area contributed by atoms with E-state index in [-0.39, 0.29) is 18.2 Å². The lowest BCUT2D eigenvalue weighted by atomic mass is 9.95. The third kappa shape index (κ3) is 3.42. The van der Waals surface area contributed by atoms with E-state index in [1.54, 1.807) is 0 Å². The van der Waals surface area contributed by atoms with Crippen LogP contribution in [-0.2, 0) is 14.4 Å². The highest BCUT2D eigenvalue weighted by Crippen LogP contribution is 2.17. The van der Waals surface area contributed by atoms with Crippen molar-refractivity contribution in [2.24, 2.45) is 5.92 Å². The Morgan fingerprint density at radius 1 is 1.71 bits per heavy atom. The van der Waals surface area contributed by atoms with E-state index in [4.69, 9.17) is 0 Å². The van der Waals surface area contributed by atoms with Gasteiger partial charge in [0.25, 0.3) is 5.91 Å². The number of carbonyl (C=O) groups excluding carboxylic acids is 3. The van der Waals surface area contributed by atoms with Crippen molar-refractivity contribution in [1.29, 1.82) is 0 Å². The number of nitrogens with one attached hydrogen (secondary N) is 3. The highest BCUT2D eigenvalue weighted by atomic mass is 16.3.